The van der Waals surface area contributed by atoms with Gasteiger partial charge in [0.15, 0.2) is 0 Å². The van der Waals surface area contributed by atoms with Gasteiger partial charge in [0, 0.05) is 0 Å². The third-order valence-corrected chi connectivity index (χ3v) is 0. The summed E-state index contributed by atoms with van der Waals surface area (Å²) in [7, 11) is -8.67. The molecule has 0 aromatic heterocycles. The second kappa shape index (κ2) is 25.4. The van der Waals surface area contributed by atoms with Crippen LogP contribution in [-0.4, -0.2) is 113 Å². The molecule has 100 valence electrons. The second-order valence-corrected chi connectivity index (χ2v) is 1.39. The Hall–Kier alpha value is 0.546. The molecule has 0 spiro atoms. The van der Waals surface area contributed by atoms with Crippen molar-refractivity contribution >= 4 is 52.3 Å². The predicted molar refractivity (Wildman–Crippen MR) is 57.6 cm³/mol. The standard InChI is InChI=1S/4BH3O3.Mg.2H/c4*2-1(3)4;;;/h4*2-4H;;;/q;;;;+2;2*-1. The van der Waals surface area contributed by atoms with Crippen LogP contribution in [0.1, 0.15) is 2.85 Å². The van der Waals surface area contributed by atoms with Crippen LogP contribution in [0.15, 0.2) is 0 Å². The van der Waals surface area contributed by atoms with E-state index in [0.29, 0.717) is 0 Å². The Labute approximate surface area is 116 Å². The van der Waals surface area contributed by atoms with E-state index >= 15 is 0 Å². The monoisotopic (exact) mass is 274 g/mol. The van der Waals surface area contributed by atoms with Gasteiger partial charge in [-0.25, -0.2) is 0 Å². The van der Waals surface area contributed by atoms with Crippen LogP contribution in [-0.2, 0) is 0 Å². The van der Waals surface area contributed by atoms with Gasteiger partial charge in [0.25, 0.3) is 0 Å². The van der Waals surface area contributed by atoms with Gasteiger partial charge in [-0.15, -0.1) is 0 Å². The molecule has 0 aliphatic rings. The minimum atomic E-state index is -2.17. The summed E-state index contributed by atoms with van der Waals surface area (Å²) in [6.45, 7) is 0. The first-order valence-electron chi connectivity index (χ1n) is 3.10. The van der Waals surface area contributed by atoms with Crippen molar-refractivity contribution in [3.63, 3.8) is 0 Å². The third-order valence-electron chi connectivity index (χ3n) is 0. The Bertz CT molecular complexity index is 70.7. The molecule has 12 N–H and O–H groups in total. The van der Waals surface area contributed by atoms with E-state index < -0.39 is 29.3 Å². The molecule has 0 heterocycles. The Balaban J connectivity index is -0.0000000192. The van der Waals surface area contributed by atoms with E-state index in [1.807, 2.05) is 0 Å². The zero-order valence-corrected chi connectivity index (χ0v) is 9.80. The minimum absolute atomic E-state index is 0. The van der Waals surface area contributed by atoms with Crippen LogP contribution >= 0.6 is 0 Å². The molecule has 0 aliphatic carbocycles. The molecule has 0 aliphatic heterocycles. The summed E-state index contributed by atoms with van der Waals surface area (Å²) in [6, 6.07) is 0. The summed E-state index contributed by atoms with van der Waals surface area (Å²) in [5.41, 5.74) is 0. The largest absolute Gasteiger partial charge is 2.00 e. The summed E-state index contributed by atoms with van der Waals surface area (Å²) in [4.78, 5) is 0. The molecule has 0 bridgehead atoms. The van der Waals surface area contributed by atoms with Gasteiger partial charge >= 0.3 is 52.3 Å². The zero-order valence-electron chi connectivity index (χ0n) is 10.4. The average molecular weight is 274 g/mol. The van der Waals surface area contributed by atoms with Crippen molar-refractivity contribution in [1.29, 1.82) is 0 Å². The van der Waals surface area contributed by atoms with Crippen LogP contribution in [0.5, 0.6) is 0 Å². The smallest absolute Gasteiger partial charge is 1.00 e. The molecule has 0 fully saturated rings. The Morgan fingerprint density at radius 2 is 0.353 bits per heavy atom. The van der Waals surface area contributed by atoms with E-state index in [2.05, 4.69) is 0 Å². The molecule has 17 heavy (non-hydrogen) atoms. The van der Waals surface area contributed by atoms with Crippen molar-refractivity contribution in [2.45, 2.75) is 0 Å². The summed E-state index contributed by atoms with van der Waals surface area (Å²) in [5.74, 6) is 0. The van der Waals surface area contributed by atoms with Gasteiger partial charge in [0.05, 0.1) is 0 Å². The number of rotatable bonds is 0. The van der Waals surface area contributed by atoms with Crippen molar-refractivity contribution in [3.05, 3.63) is 0 Å². The van der Waals surface area contributed by atoms with E-state index in [1.165, 1.54) is 0 Å². The summed E-state index contributed by atoms with van der Waals surface area (Å²) in [6.07, 6.45) is 0. The van der Waals surface area contributed by atoms with Gasteiger partial charge in [0.1, 0.15) is 0 Å². The Morgan fingerprint density at radius 3 is 0.353 bits per heavy atom. The molecule has 0 atom stereocenters. The molecule has 0 saturated heterocycles. The Kier molecular flexibility index (Phi) is 45.6. The van der Waals surface area contributed by atoms with Gasteiger partial charge in [0.2, 0.25) is 0 Å². The van der Waals surface area contributed by atoms with Crippen LogP contribution in [0.2, 0.25) is 0 Å². The van der Waals surface area contributed by atoms with Gasteiger partial charge in [-0.05, 0) is 0 Å². The molecule has 0 saturated carbocycles. The fourth-order valence-corrected chi connectivity index (χ4v) is 0. The number of hydrogen-bond donors (Lipinski definition) is 12. The van der Waals surface area contributed by atoms with E-state index in [0.717, 1.165) is 0 Å². The first-order chi connectivity index (χ1) is 6.93. The molecular weight excluding hydrogens is 260 g/mol. The van der Waals surface area contributed by atoms with Crippen molar-refractivity contribution in [1.82, 2.24) is 0 Å². The van der Waals surface area contributed by atoms with Crippen LogP contribution in [0.25, 0.3) is 0 Å². The van der Waals surface area contributed by atoms with Crippen molar-refractivity contribution in [3.8, 4) is 0 Å². The molecule has 17 heteroatoms. The van der Waals surface area contributed by atoms with Crippen LogP contribution in [0.4, 0.5) is 0 Å². The maximum Gasteiger partial charge on any atom is 2.00 e. The van der Waals surface area contributed by atoms with Crippen molar-refractivity contribution in [2.24, 2.45) is 0 Å². The van der Waals surface area contributed by atoms with Gasteiger partial charge < -0.3 is 63.1 Å². The van der Waals surface area contributed by atoms with E-state index in [4.69, 9.17) is 60.3 Å². The summed E-state index contributed by atoms with van der Waals surface area (Å²) >= 11 is 0. The SMILES string of the molecule is OB(O)O.OB(O)O.OB(O)O.OB(O)O.[H-].[H-].[Mg+2]. The predicted octanol–water partition coefficient (Wildman–Crippen LogP) is -8.36. The Morgan fingerprint density at radius 1 is 0.353 bits per heavy atom. The summed E-state index contributed by atoms with van der Waals surface area (Å²) < 4.78 is 0. The fraction of sp³-hybridized carbons (Fsp3) is 0. The molecule has 0 aromatic carbocycles. The van der Waals surface area contributed by atoms with Crippen molar-refractivity contribution < 1.29 is 63.1 Å². The average Bonchev–Trinajstić information content (AvgIpc) is 1.76. The molecule has 0 rings (SSSR count). The molecule has 0 amide bonds. The quantitative estimate of drug-likeness (QED) is 0.184. The maximum atomic E-state index is 7.17. The normalized spacial score (nSPS) is 6.35. The van der Waals surface area contributed by atoms with Gasteiger partial charge in [-0.2, -0.15) is 0 Å². The topological polar surface area (TPSA) is 243 Å². The van der Waals surface area contributed by atoms with Crippen LogP contribution in [0, 0.1) is 0 Å². The maximum absolute atomic E-state index is 7.17. The first kappa shape index (κ1) is 30.5. The van der Waals surface area contributed by atoms with Gasteiger partial charge in [-0.3, -0.25) is 0 Å². The molecule has 0 radical (unpaired) electrons. The first-order valence-corrected chi connectivity index (χ1v) is 3.10. The molecule has 0 unspecified atom stereocenters. The van der Waals surface area contributed by atoms with Crippen LogP contribution in [0.3, 0.4) is 0 Å². The fourth-order valence-electron chi connectivity index (χ4n) is 0. The van der Waals surface area contributed by atoms with Gasteiger partial charge in [-0.1, -0.05) is 0 Å². The minimum Gasteiger partial charge on any atom is -1.00 e. The molecule has 0 aromatic rings. The van der Waals surface area contributed by atoms with E-state index in [-0.39, 0.29) is 25.9 Å². The molecular formula is H14B4MgO12. The van der Waals surface area contributed by atoms with Crippen molar-refractivity contribution in [2.75, 3.05) is 0 Å². The number of hydrogen-bond acceptors (Lipinski definition) is 12. The van der Waals surface area contributed by atoms with Crippen LogP contribution < -0.4 is 0 Å². The van der Waals surface area contributed by atoms with E-state index in [9.17, 15) is 0 Å². The van der Waals surface area contributed by atoms with E-state index in [1.54, 1.807) is 0 Å². The zero-order chi connectivity index (χ0) is 14.3. The summed E-state index contributed by atoms with van der Waals surface area (Å²) in [5, 5.41) is 86.0. The second-order valence-electron chi connectivity index (χ2n) is 1.39. The third kappa shape index (κ3) is 11700. The molecule has 12 nitrogen and oxygen atoms in total.